The molecular weight excluding hydrogens is 262 g/mol. The number of nitrogens with one attached hydrogen (secondary N) is 1. The van der Waals surface area contributed by atoms with Crippen LogP contribution >= 0.6 is 0 Å². The van der Waals surface area contributed by atoms with Crippen molar-refractivity contribution in [1.82, 2.24) is 10.4 Å². The van der Waals surface area contributed by atoms with E-state index in [2.05, 4.69) is 29.5 Å². The van der Waals surface area contributed by atoms with Crippen LogP contribution in [0.15, 0.2) is 18.3 Å². The first-order valence-corrected chi connectivity index (χ1v) is 8.21. The van der Waals surface area contributed by atoms with E-state index >= 15 is 0 Å². The molecule has 0 radical (unpaired) electrons. The summed E-state index contributed by atoms with van der Waals surface area (Å²) >= 11 is 0. The van der Waals surface area contributed by atoms with Crippen LogP contribution in [0.1, 0.15) is 50.3 Å². The molecule has 0 bridgehead atoms. The molecule has 1 heterocycles. The maximum absolute atomic E-state index is 5.80. The highest BCUT2D eigenvalue weighted by Crippen LogP contribution is 2.29. The summed E-state index contributed by atoms with van der Waals surface area (Å²) in [6.45, 7) is 2.14. The van der Waals surface area contributed by atoms with Crippen molar-refractivity contribution in [2.75, 3.05) is 7.11 Å². The normalized spacial score (nSPS) is 19.4. The Morgan fingerprint density at radius 3 is 2.62 bits per heavy atom. The molecule has 2 atom stereocenters. The summed E-state index contributed by atoms with van der Waals surface area (Å²) in [4.78, 5) is 4.55. The van der Waals surface area contributed by atoms with Gasteiger partial charge in [-0.15, -0.1) is 0 Å². The average Bonchev–Trinajstić information content (AvgIpc) is 2.56. The lowest BCUT2D eigenvalue weighted by molar-refractivity contribution is 0.00805. The van der Waals surface area contributed by atoms with Gasteiger partial charge >= 0.3 is 0 Å². The minimum Gasteiger partial charge on any atom is -0.379 e. The van der Waals surface area contributed by atoms with Crippen molar-refractivity contribution >= 4 is 0 Å². The largest absolute Gasteiger partial charge is 0.379 e. The molecule has 1 saturated carbocycles. The lowest BCUT2D eigenvalue weighted by Gasteiger charge is -2.34. The first-order valence-electron chi connectivity index (χ1n) is 8.21. The second kappa shape index (κ2) is 8.47. The van der Waals surface area contributed by atoms with Crippen molar-refractivity contribution < 1.29 is 4.74 Å². The van der Waals surface area contributed by atoms with Crippen LogP contribution in [-0.4, -0.2) is 24.2 Å². The molecular formula is C17H29N3O. The van der Waals surface area contributed by atoms with Gasteiger partial charge in [-0.2, -0.15) is 0 Å². The molecule has 0 spiro atoms. The second-order valence-electron chi connectivity index (χ2n) is 6.09. The molecule has 1 fully saturated rings. The summed E-state index contributed by atoms with van der Waals surface area (Å²) in [6, 6.07) is 4.38. The fraction of sp³-hybridized carbons (Fsp3) is 0.706. The van der Waals surface area contributed by atoms with Crippen LogP contribution in [-0.2, 0) is 17.6 Å². The van der Waals surface area contributed by atoms with Crippen LogP contribution in [0.3, 0.4) is 0 Å². The van der Waals surface area contributed by atoms with Gasteiger partial charge in [-0.25, -0.2) is 0 Å². The molecule has 1 aromatic heterocycles. The predicted octanol–water partition coefficient (Wildman–Crippen LogP) is 2.61. The summed E-state index contributed by atoms with van der Waals surface area (Å²) in [5, 5.41) is 0. The Kier molecular flexibility index (Phi) is 6.61. The topological polar surface area (TPSA) is 60.2 Å². The first kappa shape index (κ1) is 16.4. The van der Waals surface area contributed by atoms with Crippen LogP contribution in [0, 0.1) is 5.92 Å². The van der Waals surface area contributed by atoms with E-state index in [4.69, 9.17) is 10.6 Å². The van der Waals surface area contributed by atoms with Gasteiger partial charge in [0.2, 0.25) is 0 Å². The molecule has 1 aliphatic carbocycles. The van der Waals surface area contributed by atoms with E-state index in [1.165, 1.54) is 37.7 Å². The number of hydrazine groups is 1. The van der Waals surface area contributed by atoms with Gasteiger partial charge in [0, 0.05) is 25.4 Å². The molecule has 0 aromatic carbocycles. The predicted molar refractivity (Wildman–Crippen MR) is 85.8 cm³/mol. The summed E-state index contributed by atoms with van der Waals surface area (Å²) in [6.07, 6.45) is 10.4. The van der Waals surface area contributed by atoms with Gasteiger partial charge in [-0.3, -0.25) is 16.3 Å². The standard InChI is InChI=1S/C17H29N3O/c1-3-13-9-10-15(19-12-13)11-16(20-18)17(21-2)14-7-5-4-6-8-14/h9-10,12,14,16-17,20H,3-8,11,18H2,1-2H3. The minimum absolute atomic E-state index is 0.123. The lowest BCUT2D eigenvalue weighted by atomic mass is 9.81. The Bertz CT molecular complexity index is 401. The number of hydrogen-bond donors (Lipinski definition) is 2. The number of nitrogens with two attached hydrogens (primary N) is 1. The van der Waals surface area contributed by atoms with Crippen molar-refractivity contribution in [2.45, 2.75) is 64.0 Å². The third-order valence-electron chi connectivity index (χ3n) is 4.72. The maximum Gasteiger partial charge on any atom is 0.0769 e. The monoisotopic (exact) mass is 291 g/mol. The Hall–Kier alpha value is -0.970. The number of methoxy groups -OCH3 is 1. The van der Waals surface area contributed by atoms with Gasteiger partial charge in [-0.05, 0) is 36.8 Å². The zero-order valence-electron chi connectivity index (χ0n) is 13.3. The highest BCUT2D eigenvalue weighted by atomic mass is 16.5. The highest BCUT2D eigenvalue weighted by molar-refractivity contribution is 5.15. The van der Waals surface area contributed by atoms with Gasteiger partial charge in [0.05, 0.1) is 12.1 Å². The summed E-state index contributed by atoms with van der Waals surface area (Å²) in [5.74, 6) is 6.41. The van der Waals surface area contributed by atoms with E-state index in [0.717, 1.165) is 18.5 Å². The van der Waals surface area contributed by atoms with Crippen molar-refractivity contribution in [3.8, 4) is 0 Å². The number of hydrogen-bond acceptors (Lipinski definition) is 4. The minimum atomic E-state index is 0.123. The molecule has 4 heteroatoms. The number of ether oxygens (including phenoxy) is 1. The Labute approximate surface area is 128 Å². The Balaban J connectivity index is 2.01. The molecule has 0 saturated heterocycles. The van der Waals surface area contributed by atoms with E-state index in [-0.39, 0.29) is 12.1 Å². The van der Waals surface area contributed by atoms with E-state index in [1.54, 1.807) is 7.11 Å². The van der Waals surface area contributed by atoms with Crippen LogP contribution in [0.2, 0.25) is 0 Å². The zero-order chi connectivity index (χ0) is 15.1. The fourth-order valence-corrected chi connectivity index (χ4v) is 3.43. The Morgan fingerprint density at radius 2 is 2.10 bits per heavy atom. The van der Waals surface area contributed by atoms with E-state index in [0.29, 0.717) is 5.92 Å². The van der Waals surface area contributed by atoms with Crippen LogP contribution in [0.5, 0.6) is 0 Å². The fourth-order valence-electron chi connectivity index (χ4n) is 3.43. The number of nitrogens with zero attached hydrogens (tertiary/aromatic N) is 1. The highest BCUT2D eigenvalue weighted by Gasteiger charge is 2.30. The summed E-state index contributed by atoms with van der Waals surface area (Å²) in [5.41, 5.74) is 5.31. The zero-order valence-corrected chi connectivity index (χ0v) is 13.3. The van der Waals surface area contributed by atoms with Crippen molar-refractivity contribution in [3.05, 3.63) is 29.6 Å². The smallest absolute Gasteiger partial charge is 0.0769 e. The van der Waals surface area contributed by atoms with Crippen LogP contribution < -0.4 is 11.3 Å². The molecule has 0 aliphatic heterocycles. The van der Waals surface area contributed by atoms with Crippen LogP contribution in [0.25, 0.3) is 0 Å². The maximum atomic E-state index is 5.80. The second-order valence-corrected chi connectivity index (χ2v) is 6.09. The SMILES string of the molecule is CCc1ccc(CC(NN)C(OC)C2CCCCC2)nc1. The number of aryl methyl sites for hydroxylation is 1. The van der Waals surface area contributed by atoms with E-state index in [9.17, 15) is 0 Å². The molecule has 0 amide bonds. The number of pyridine rings is 1. The average molecular weight is 291 g/mol. The van der Waals surface area contributed by atoms with Crippen molar-refractivity contribution in [1.29, 1.82) is 0 Å². The molecule has 21 heavy (non-hydrogen) atoms. The Morgan fingerprint density at radius 1 is 1.33 bits per heavy atom. The molecule has 118 valence electrons. The molecule has 4 nitrogen and oxygen atoms in total. The van der Waals surface area contributed by atoms with Gasteiger partial charge in [0.15, 0.2) is 0 Å². The quantitative estimate of drug-likeness (QED) is 0.599. The molecule has 3 N–H and O–H groups in total. The third-order valence-corrected chi connectivity index (χ3v) is 4.72. The van der Waals surface area contributed by atoms with Crippen molar-refractivity contribution in [2.24, 2.45) is 11.8 Å². The number of rotatable bonds is 7. The molecule has 2 unspecified atom stereocenters. The summed E-state index contributed by atoms with van der Waals surface area (Å²) < 4.78 is 5.79. The molecule has 1 aromatic rings. The van der Waals surface area contributed by atoms with Gasteiger partial charge in [-0.1, -0.05) is 32.3 Å². The van der Waals surface area contributed by atoms with Crippen LogP contribution in [0.4, 0.5) is 0 Å². The van der Waals surface area contributed by atoms with E-state index in [1.807, 2.05) is 6.20 Å². The van der Waals surface area contributed by atoms with Gasteiger partial charge in [0.1, 0.15) is 0 Å². The number of aromatic nitrogens is 1. The molecule has 2 rings (SSSR count). The lowest BCUT2D eigenvalue weighted by Crippen LogP contribution is -2.50. The first-order chi connectivity index (χ1) is 10.3. The summed E-state index contributed by atoms with van der Waals surface area (Å²) in [7, 11) is 1.80. The van der Waals surface area contributed by atoms with Crippen molar-refractivity contribution in [3.63, 3.8) is 0 Å². The third kappa shape index (κ3) is 4.50. The molecule has 1 aliphatic rings. The van der Waals surface area contributed by atoms with E-state index < -0.39 is 0 Å². The van der Waals surface area contributed by atoms with Gasteiger partial charge in [0.25, 0.3) is 0 Å². The van der Waals surface area contributed by atoms with Gasteiger partial charge < -0.3 is 4.74 Å².